The van der Waals surface area contributed by atoms with E-state index in [9.17, 15) is 0 Å². The maximum atomic E-state index is 5.24. The predicted octanol–water partition coefficient (Wildman–Crippen LogP) is 2.00. The second kappa shape index (κ2) is 4.46. The summed E-state index contributed by atoms with van der Waals surface area (Å²) in [6.45, 7) is 3.48. The molecule has 0 aliphatic heterocycles. The van der Waals surface area contributed by atoms with Gasteiger partial charge in [-0.25, -0.2) is 0 Å². The second-order valence-electron chi connectivity index (χ2n) is 0.542. The summed E-state index contributed by atoms with van der Waals surface area (Å²) < 4.78 is 0. The van der Waals surface area contributed by atoms with Crippen LogP contribution in [0.15, 0.2) is 12.4 Å². The molecule has 0 aromatic carbocycles. The lowest BCUT2D eigenvalue weighted by atomic mass is 11.3. The van der Waals surface area contributed by atoms with E-state index in [1.807, 2.05) is 5.82 Å². The molecule has 0 aliphatic rings. The molecule has 0 saturated carbocycles. The summed E-state index contributed by atoms with van der Waals surface area (Å²) in [5.74, 6) is 1.83. The Bertz CT molecular complexity index is 28.1. The average molecular weight is 109 g/mol. The normalized spacial score (nSPS) is 9.80. The Hall–Kier alpha value is 0.460. The summed E-state index contributed by atoms with van der Waals surface area (Å²) in [6, 6.07) is 0. The third-order valence-electron chi connectivity index (χ3n) is 0.221. The Morgan fingerprint density at radius 3 is 2.60 bits per heavy atom. The molecule has 0 heterocycles. The van der Waals surface area contributed by atoms with E-state index in [0.717, 1.165) is 14.2 Å². The van der Waals surface area contributed by atoms with Crippen LogP contribution in [0, 0.1) is 0 Å². The van der Waals surface area contributed by atoms with E-state index in [0.29, 0.717) is 0 Å². The van der Waals surface area contributed by atoms with E-state index in [1.165, 1.54) is 0 Å². The highest BCUT2D eigenvalue weighted by atomic mass is 35.5. The fourth-order valence-electron chi connectivity index (χ4n) is 0.0546. The zero-order valence-electron chi connectivity index (χ0n) is 2.87. The first kappa shape index (κ1) is 5.46. The molecule has 1 unspecified atom stereocenters. The fourth-order valence-corrected chi connectivity index (χ4v) is 0.491. The third kappa shape index (κ3) is 4.46. The lowest BCUT2D eigenvalue weighted by Crippen LogP contribution is -1.39. The molecule has 0 aliphatic carbocycles. The molecule has 0 radical (unpaired) electrons. The van der Waals surface area contributed by atoms with Crippen LogP contribution < -0.4 is 0 Å². The van der Waals surface area contributed by atoms with Crippen molar-refractivity contribution in [2.24, 2.45) is 0 Å². The van der Waals surface area contributed by atoms with Crippen LogP contribution in [0.2, 0.25) is 0 Å². The van der Waals surface area contributed by atoms with Crippen LogP contribution >= 0.6 is 20.2 Å². The van der Waals surface area contributed by atoms with Gasteiger partial charge in [-0.3, -0.25) is 0 Å². The van der Waals surface area contributed by atoms with Crippen molar-refractivity contribution in [3.63, 3.8) is 0 Å². The molecule has 0 amide bonds. The molecule has 0 nitrogen and oxygen atoms in total. The van der Waals surface area contributed by atoms with Crippen molar-refractivity contribution >= 4 is 20.2 Å². The molecule has 0 aromatic rings. The Morgan fingerprint density at radius 1 is 2.00 bits per heavy atom. The smallest absolute Gasteiger partial charge is 0.0431 e. The minimum absolute atomic E-state index is 0.726. The van der Waals surface area contributed by atoms with Gasteiger partial charge in [0.1, 0.15) is 0 Å². The molecular weight excluding hydrogens is 102 g/mol. The van der Waals surface area contributed by atoms with Gasteiger partial charge in [-0.15, -0.1) is 11.6 Å². The Balaban J connectivity index is 2.40. The van der Waals surface area contributed by atoms with Crippen molar-refractivity contribution in [2.45, 2.75) is 0 Å². The first-order valence-corrected chi connectivity index (χ1v) is 3.14. The van der Waals surface area contributed by atoms with E-state index in [-0.39, 0.29) is 0 Å². The van der Waals surface area contributed by atoms with Gasteiger partial charge in [-0.2, -0.15) is 0 Å². The maximum absolute atomic E-state index is 5.24. The van der Waals surface area contributed by atoms with Gasteiger partial charge in [-0.05, 0) is 0 Å². The minimum Gasteiger partial charge on any atom is -0.122 e. The van der Waals surface area contributed by atoms with E-state index in [1.54, 1.807) is 0 Å². The summed E-state index contributed by atoms with van der Waals surface area (Å²) in [5.41, 5.74) is 0.726. The molecule has 0 bridgehead atoms. The van der Waals surface area contributed by atoms with Crippen molar-refractivity contribution in [3.05, 3.63) is 12.4 Å². The average Bonchev–Trinajstić information content (AvgIpc) is 1.41. The van der Waals surface area contributed by atoms with Crippen molar-refractivity contribution in [2.75, 3.05) is 5.62 Å². The standard InChI is InChI=1S/C3H6ClP/c1-2-5-3-4/h2,5H,1,3H2. The number of alkyl halides is 1. The molecule has 1 atom stereocenters. The van der Waals surface area contributed by atoms with E-state index < -0.39 is 0 Å². The van der Waals surface area contributed by atoms with Crippen molar-refractivity contribution < 1.29 is 0 Å². The van der Waals surface area contributed by atoms with Crippen LogP contribution in [-0.2, 0) is 0 Å². The topological polar surface area (TPSA) is 0 Å². The number of halogens is 1. The molecule has 0 saturated heterocycles. The van der Waals surface area contributed by atoms with Gasteiger partial charge in [0.2, 0.25) is 0 Å². The SMILES string of the molecule is C=CPCCl. The molecule has 0 N–H and O–H groups in total. The largest absolute Gasteiger partial charge is 0.122 e. The van der Waals surface area contributed by atoms with Crippen LogP contribution in [0.25, 0.3) is 0 Å². The molecule has 0 rings (SSSR count). The van der Waals surface area contributed by atoms with Crippen LogP contribution in [0.5, 0.6) is 0 Å². The zero-order chi connectivity index (χ0) is 4.12. The van der Waals surface area contributed by atoms with Gasteiger partial charge < -0.3 is 0 Å². The van der Waals surface area contributed by atoms with Gasteiger partial charge in [-0.1, -0.05) is 21.0 Å². The minimum atomic E-state index is 0.726. The van der Waals surface area contributed by atoms with Crippen LogP contribution in [0.1, 0.15) is 0 Å². The summed E-state index contributed by atoms with van der Waals surface area (Å²) in [7, 11) is 0.727. The molecule has 0 fully saturated rings. The Kier molecular flexibility index (Phi) is 4.87. The van der Waals surface area contributed by atoms with Crippen molar-refractivity contribution in [1.29, 1.82) is 0 Å². The molecular formula is C3H6ClP. The van der Waals surface area contributed by atoms with Crippen LogP contribution in [0.3, 0.4) is 0 Å². The first-order chi connectivity index (χ1) is 2.41. The lowest BCUT2D eigenvalue weighted by Gasteiger charge is -1.71. The second-order valence-corrected chi connectivity index (χ2v) is 2.43. The predicted molar refractivity (Wildman–Crippen MR) is 29.2 cm³/mol. The Morgan fingerprint density at radius 2 is 2.60 bits per heavy atom. The monoisotopic (exact) mass is 108 g/mol. The molecule has 30 valence electrons. The molecule has 2 heteroatoms. The number of hydrogen-bond acceptors (Lipinski definition) is 0. The maximum Gasteiger partial charge on any atom is 0.0431 e. The highest BCUT2D eigenvalue weighted by molar-refractivity contribution is 7.43. The highest BCUT2D eigenvalue weighted by Gasteiger charge is 1.62. The van der Waals surface area contributed by atoms with Crippen LogP contribution in [0.4, 0.5) is 0 Å². The Labute approximate surface area is 39.0 Å². The highest BCUT2D eigenvalue weighted by Crippen LogP contribution is 2.09. The van der Waals surface area contributed by atoms with E-state index >= 15 is 0 Å². The fraction of sp³-hybridized carbons (Fsp3) is 0.333. The number of rotatable bonds is 2. The summed E-state index contributed by atoms with van der Waals surface area (Å²) in [4.78, 5) is 0. The van der Waals surface area contributed by atoms with Crippen molar-refractivity contribution in [3.8, 4) is 0 Å². The van der Waals surface area contributed by atoms with Gasteiger partial charge in [0, 0.05) is 5.62 Å². The first-order valence-electron chi connectivity index (χ1n) is 1.32. The third-order valence-corrected chi connectivity index (χ3v) is 1.13. The molecule has 0 spiro atoms. The number of hydrogen-bond donors (Lipinski definition) is 0. The zero-order valence-corrected chi connectivity index (χ0v) is 4.63. The van der Waals surface area contributed by atoms with E-state index in [4.69, 9.17) is 11.6 Å². The summed E-state index contributed by atoms with van der Waals surface area (Å²) in [5, 5.41) is 0. The van der Waals surface area contributed by atoms with E-state index in [2.05, 4.69) is 6.58 Å². The molecule has 0 aromatic heterocycles. The van der Waals surface area contributed by atoms with Crippen molar-refractivity contribution in [1.82, 2.24) is 0 Å². The summed E-state index contributed by atoms with van der Waals surface area (Å²) in [6.07, 6.45) is 0. The quantitative estimate of drug-likeness (QED) is 0.375. The van der Waals surface area contributed by atoms with Crippen LogP contribution in [-0.4, -0.2) is 5.62 Å². The van der Waals surface area contributed by atoms with Gasteiger partial charge in [0.05, 0.1) is 0 Å². The molecule has 5 heavy (non-hydrogen) atoms. The summed E-state index contributed by atoms with van der Waals surface area (Å²) >= 11 is 5.24. The van der Waals surface area contributed by atoms with Gasteiger partial charge >= 0.3 is 0 Å². The lowest BCUT2D eigenvalue weighted by molar-refractivity contribution is 2.20. The van der Waals surface area contributed by atoms with Gasteiger partial charge in [0.25, 0.3) is 0 Å². The van der Waals surface area contributed by atoms with Gasteiger partial charge in [0.15, 0.2) is 0 Å².